The molecule has 8 heteroatoms. The van der Waals surface area contributed by atoms with Gasteiger partial charge in [0, 0.05) is 37.3 Å². The Hall–Kier alpha value is -3.49. The number of anilines is 1. The Morgan fingerprint density at radius 3 is 2.12 bits per heavy atom. The molecule has 2 amide bonds. The van der Waals surface area contributed by atoms with Crippen molar-refractivity contribution in [3.05, 3.63) is 94.4 Å². The summed E-state index contributed by atoms with van der Waals surface area (Å²) in [5.74, 6) is -0.688. The lowest BCUT2D eigenvalue weighted by Crippen LogP contribution is -2.39. The van der Waals surface area contributed by atoms with Crippen molar-refractivity contribution in [3.63, 3.8) is 0 Å². The van der Waals surface area contributed by atoms with Gasteiger partial charge in [-0.3, -0.25) is 14.4 Å². The van der Waals surface area contributed by atoms with Gasteiger partial charge in [0.15, 0.2) is 5.43 Å². The van der Waals surface area contributed by atoms with Crippen LogP contribution in [0.4, 0.5) is 5.69 Å². The van der Waals surface area contributed by atoms with E-state index in [1.165, 1.54) is 29.7 Å². The predicted molar refractivity (Wildman–Crippen MR) is 137 cm³/mol. The maximum atomic E-state index is 13.2. The fraction of sp³-hybridized carbons (Fsp3) is 0.269. The molecule has 0 saturated heterocycles. The largest absolute Gasteiger partial charge is 0.380 e. The van der Waals surface area contributed by atoms with Crippen LogP contribution in [0.2, 0.25) is 19.6 Å². The van der Waals surface area contributed by atoms with Gasteiger partial charge >= 0.3 is 0 Å². The number of benzene rings is 2. The summed E-state index contributed by atoms with van der Waals surface area (Å²) in [7, 11) is 0.173. The highest BCUT2D eigenvalue weighted by Gasteiger charge is 2.23. The summed E-state index contributed by atoms with van der Waals surface area (Å²) in [6.45, 7) is 7.24. The molecule has 2 N–H and O–H groups in total. The second-order valence-corrected chi connectivity index (χ2v) is 14.3. The molecule has 1 aromatic heterocycles. The van der Waals surface area contributed by atoms with Crippen LogP contribution in [0.1, 0.15) is 17.2 Å². The number of amides is 2. The summed E-state index contributed by atoms with van der Waals surface area (Å²) >= 11 is 0. The van der Waals surface area contributed by atoms with E-state index in [2.05, 4.69) is 30.3 Å². The van der Waals surface area contributed by atoms with Gasteiger partial charge in [-0.15, -0.1) is 0 Å². The van der Waals surface area contributed by atoms with Crippen molar-refractivity contribution < 1.29 is 14.3 Å². The maximum absolute atomic E-state index is 13.2. The number of nitrogens with one attached hydrogen (secondary N) is 2. The van der Waals surface area contributed by atoms with E-state index in [1.54, 1.807) is 11.7 Å². The molecule has 0 aliphatic rings. The Balaban J connectivity index is 1.79. The molecule has 0 fully saturated rings. The first-order valence-corrected chi connectivity index (χ1v) is 14.6. The number of hydrogen-bond acceptors (Lipinski definition) is 4. The van der Waals surface area contributed by atoms with Crippen LogP contribution in [0.15, 0.2) is 77.9 Å². The smallest absolute Gasteiger partial charge is 0.251 e. The number of ether oxygens (including phenoxy) is 1. The summed E-state index contributed by atoms with van der Waals surface area (Å²) in [4.78, 5) is 37.3. The number of carbonyl (C=O) groups is 2. The Bertz CT molecular complexity index is 1160. The Kier molecular flexibility index (Phi) is 8.20. The second-order valence-electron chi connectivity index (χ2n) is 9.20. The van der Waals surface area contributed by atoms with Gasteiger partial charge in [0.1, 0.15) is 12.6 Å². The Morgan fingerprint density at radius 1 is 0.941 bits per heavy atom. The van der Waals surface area contributed by atoms with E-state index in [-0.39, 0.29) is 23.8 Å². The molecule has 3 aromatic rings. The fourth-order valence-electron chi connectivity index (χ4n) is 3.46. The highest BCUT2D eigenvalue weighted by molar-refractivity contribution is 6.88. The number of hydrogen-bond donors (Lipinski definition) is 2. The van der Waals surface area contributed by atoms with Crippen LogP contribution in [0, 0.1) is 0 Å². The summed E-state index contributed by atoms with van der Waals surface area (Å²) in [6.07, 6.45) is 3.08. The minimum absolute atomic E-state index is 0.0171. The fourth-order valence-corrected chi connectivity index (χ4v) is 4.63. The summed E-state index contributed by atoms with van der Waals surface area (Å²) in [6, 6.07) is 17.1. The third kappa shape index (κ3) is 7.00. The maximum Gasteiger partial charge on any atom is 0.251 e. The molecule has 1 heterocycles. The van der Waals surface area contributed by atoms with Crippen LogP contribution >= 0.6 is 0 Å². The van der Waals surface area contributed by atoms with Crippen molar-refractivity contribution in [2.45, 2.75) is 38.8 Å². The second kappa shape index (κ2) is 11.1. The van der Waals surface area contributed by atoms with Crippen LogP contribution < -0.4 is 21.2 Å². The van der Waals surface area contributed by atoms with Gasteiger partial charge in [-0.1, -0.05) is 61.2 Å². The lowest BCUT2D eigenvalue weighted by Gasteiger charge is -2.21. The molecule has 1 unspecified atom stereocenters. The molecular weight excluding hydrogens is 446 g/mol. The minimum atomic E-state index is -1.45. The van der Waals surface area contributed by atoms with E-state index in [0.717, 1.165) is 5.56 Å². The van der Waals surface area contributed by atoms with Gasteiger partial charge in [0.25, 0.3) is 5.91 Å². The molecule has 0 radical (unpaired) electrons. The summed E-state index contributed by atoms with van der Waals surface area (Å²) in [5, 5.41) is 7.05. The van der Waals surface area contributed by atoms with Gasteiger partial charge in [-0.2, -0.15) is 0 Å². The monoisotopic (exact) mass is 477 g/mol. The summed E-state index contributed by atoms with van der Waals surface area (Å²) in [5.41, 5.74) is 2.16. The van der Waals surface area contributed by atoms with Crippen LogP contribution in [-0.4, -0.2) is 31.6 Å². The topological polar surface area (TPSA) is 89.4 Å². The van der Waals surface area contributed by atoms with E-state index < -0.39 is 14.1 Å². The molecule has 1 atom stereocenters. The third-order valence-electron chi connectivity index (χ3n) is 5.40. The van der Waals surface area contributed by atoms with Crippen LogP contribution in [-0.2, 0) is 27.5 Å². The van der Waals surface area contributed by atoms with Gasteiger partial charge < -0.3 is 19.9 Å². The molecule has 3 rings (SSSR count). The van der Waals surface area contributed by atoms with E-state index in [4.69, 9.17) is 4.74 Å². The standard InChI is InChI=1S/C26H31N3O4Si/c1-33-18-19-5-7-20(8-6-19)25(28-24(31)17-29-15-13-22(30)14-16-29)26(32)27-21-9-11-23(12-10-21)34(2,3)4/h5-16,25H,17-18H2,1-4H3,(H,27,32)(H,28,31). The van der Waals surface area contributed by atoms with Gasteiger partial charge in [-0.05, 0) is 23.3 Å². The molecule has 0 bridgehead atoms. The highest BCUT2D eigenvalue weighted by atomic mass is 28.3. The van der Waals surface area contributed by atoms with Crippen molar-refractivity contribution in [2.75, 3.05) is 12.4 Å². The molecule has 178 valence electrons. The lowest BCUT2D eigenvalue weighted by molar-refractivity contribution is -0.127. The molecule has 34 heavy (non-hydrogen) atoms. The van der Waals surface area contributed by atoms with E-state index in [0.29, 0.717) is 17.9 Å². The zero-order valence-corrected chi connectivity index (χ0v) is 21.0. The summed E-state index contributed by atoms with van der Waals surface area (Å²) < 4.78 is 6.74. The molecule has 0 aliphatic carbocycles. The quantitative estimate of drug-likeness (QED) is 0.464. The molecule has 0 saturated carbocycles. The SMILES string of the molecule is COCc1ccc(C(NC(=O)Cn2ccc(=O)cc2)C(=O)Nc2ccc([Si](C)(C)C)cc2)cc1. The molecule has 0 spiro atoms. The van der Waals surface area contributed by atoms with Crippen molar-refractivity contribution in [2.24, 2.45) is 0 Å². The van der Waals surface area contributed by atoms with Crippen molar-refractivity contribution >= 4 is 30.8 Å². The Morgan fingerprint density at radius 2 is 1.56 bits per heavy atom. The number of rotatable bonds is 9. The average Bonchev–Trinajstić information content (AvgIpc) is 2.79. The zero-order chi connectivity index (χ0) is 24.7. The van der Waals surface area contributed by atoms with Gasteiger partial charge in [-0.25, -0.2) is 0 Å². The first-order valence-electron chi connectivity index (χ1n) is 11.1. The Labute approximate surface area is 200 Å². The molecule has 7 nitrogen and oxygen atoms in total. The van der Waals surface area contributed by atoms with Crippen molar-refractivity contribution in [3.8, 4) is 0 Å². The lowest BCUT2D eigenvalue weighted by atomic mass is 10.0. The van der Waals surface area contributed by atoms with Crippen LogP contribution in [0.5, 0.6) is 0 Å². The minimum Gasteiger partial charge on any atom is -0.380 e. The average molecular weight is 478 g/mol. The normalized spacial score (nSPS) is 12.1. The number of aromatic nitrogens is 1. The van der Waals surface area contributed by atoms with Gasteiger partial charge in [0.2, 0.25) is 5.91 Å². The number of nitrogens with zero attached hydrogens (tertiary/aromatic N) is 1. The first-order chi connectivity index (χ1) is 16.2. The third-order valence-corrected chi connectivity index (χ3v) is 7.46. The van der Waals surface area contributed by atoms with E-state index in [1.807, 2.05) is 48.5 Å². The number of methoxy groups -OCH3 is 1. The van der Waals surface area contributed by atoms with Crippen LogP contribution in [0.3, 0.4) is 0 Å². The van der Waals surface area contributed by atoms with Crippen molar-refractivity contribution in [1.82, 2.24) is 9.88 Å². The number of pyridine rings is 1. The number of carbonyl (C=O) groups excluding carboxylic acids is 2. The highest BCUT2D eigenvalue weighted by Crippen LogP contribution is 2.18. The van der Waals surface area contributed by atoms with E-state index >= 15 is 0 Å². The predicted octanol–water partition coefficient (Wildman–Crippen LogP) is 3.04. The molecule has 2 aromatic carbocycles. The molecular formula is C26H31N3O4Si. The molecule has 0 aliphatic heterocycles. The zero-order valence-electron chi connectivity index (χ0n) is 20.0. The van der Waals surface area contributed by atoms with Crippen LogP contribution in [0.25, 0.3) is 0 Å². The first kappa shape index (κ1) is 25.1. The van der Waals surface area contributed by atoms with E-state index in [9.17, 15) is 14.4 Å². The van der Waals surface area contributed by atoms with Crippen molar-refractivity contribution in [1.29, 1.82) is 0 Å². The van der Waals surface area contributed by atoms with Gasteiger partial charge in [0.05, 0.1) is 14.7 Å².